The average Bonchev–Trinajstić information content (AvgIpc) is 3.22. The van der Waals surface area contributed by atoms with Crippen molar-refractivity contribution < 1.29 is 4.39 Å². The number of piperidine rings is 1. The summed E-state index contributed by atoms with van der Waals surface area (Å²) < 4.78 is 14.2. The van der Waals surface area contributed by atoms with Gasteiger partial charge in [0.25, 0.3) is 0 Å². The van der Waals surface area contributed by atoms with Crippen molar-refractivity contribution in [3.8, 4) is 0 Å². The Balaban J connectivity index is 1.30. The summed E-state index contributed by atoms with van der Waals surface area (Å²) in [6, 6.07) is 12.9. The number of fused-ring (bicyclic) bond motifs is 1. The van der Waals surface area contributed by atoms with Crippen LogP contribution in [0.15, 0.2) is 48.8 Å². The van der Waals surface area contributed by atoms with Crippen LogP contribution in [-0.4, -0.2) is 32.9 Å². The van der Waals surface area contributed by atoms with Crippen molar-refractivity contribution >= 4 is 55.6 Å². The maximum absolute atomic E-state index is 13.4. The second-order valence-corrected chi connectivity index (χ2v) is 9.21. The Bertz CT molecular complexity index is 1220. The molecule has 1 fully saturated rings. The normalized spacial score (nSPS) is 14.6. The van der Waals surface area contributed by atoms with Gasteiger partial charge in [0, 0.05) is 17.9 Å². The van der Waals surface area contributed by atoms with Crippen molar-refractivity contribution in [3.05, 3.63) is 65.2 Å². The van der Waals surface area contributed by atoms with Gasteiger partial charge in [-0.2, -0.15) is 4.98 Å². The fraction of sp³-hybridized carbons (Fsp3) is 0.261. The number of anilines is 4. The summed E-state index contributed by atoms with van der Waals surface area (Å²) in [7, 11) is 0. The predicted octanol–water partition coefficient (Wildman–Crippen LogP) is 6.35. The van der Waals surface area contributed by atoms with Gasteiger partial charge in [-0.1, -0.05) is 41.5 Å². The van der Waals surface area contributed by atoms with Crippen LogP contribution in [0.5, 0.6) is 0 Å². The first-order valence-corrected chi connectivity index (χ1v) is 11.8. The summed E-state index contributed by atoms with van der Waals surface area (Å²) >= 11 is 7.34. The summed E-state index contributed by atoms with van der Waals surface area (Å²) in [5.41, 5.74) is 3.52. The first-order valence-electron chi connectivity index (χ1n) is 10.6. The molecule has 1 aliphatic rings. The van der Waals surface area contributed by atoms with E-state index in [4.69, 9.17) is 11.6 Å². The SMILES string of the molecule is Fc1ccc(Nc2ncnc3nc(Nc4ccc(CN5CCCCC5)cc4)sc23)cc1Cl. The summed E-state index contributed by atoms with van der Waals surface area (Å²) in [6.07, 6.45) is 5.39. The minimum atomic E-state index is -0.462. The van der Waals surface area contributed by atoms with E-state index in [-0.39, 0.29) is 5.02 Å². The molecular formula is C23H22ClFN6S. The standard InChI is InChI=1S/C23H22ClFN6S/c24-18-12-17(8-9-19(18)25)28-21-20-22(27-14-26-21)30-23(32-20)29-16-6-4-15(5-7-16)13-31-10-2-1-3-11-31/h4-9,12,14H,1-3,10-11,13H2,(H2,26,27,28,29,30). The molecule has 0 radical (unpaired) electrons. The van der Waals surface area contributed by atoms with Gasteiger partial charge in [-0.25, -0.2) is 14.4 Å². The molecule has 9 heteroatoms. The van der Waals surface area contributed by atoms with Crippen molar-refractivity contribution in [2.75, 3.05) is 23.7 Å². The summed E-state index contributed by atoms with van der Waals surface area (Å²) in [6.45, 7) is 3.37. The summed E-state index contributed by atoms with van der Waals surface area (Å²) in [5, 5.41) is 7.31. The number of hydrogen-bond acceptors (Lipinski definition) is 7. The van der Waals surface area contributed by atoms with Gasteiger partial charge in [-0.15, -0.1) is 0 Å². The van der Waals surface area contributed by atoms with E-state index in [2.05, 4.69) is 54.8 Å². The molecule has 0 amide bonds. The molecule has 1 aliphatic heterocycles. The smallest absolute Gasteiger partial charge is 0.189 e. The fourth-order valence-corrected chi connectivity index (χ4v) is 4.86. The Hall–Kier alpha value is -2.81. The number of hydrogen-bond donors (Lipinski definition) is 2. The van der Waals surface area contributed by atoms with Crippen molar-refractivity contribution in [2.45, 2.75) is 25.8 Å². The monoisotopic (exact) mass is 468 g/mol. The molecule has 1 saturated heterocycles. The number of halogens is 2. The van der Waals surface area contributed by atoms with Crippen LogP contribution in [0, 0.1) is 5.82 Å². The Morgan fingerprint density at radius 3 is 2.53 bits per heavy atom. The van der Waals surface area contributed by atoms with Gasteiger partial charge < -0.3 is 10.6 Å². The lowest BCUT2D eigenvalue weighted by Gasteiger charge is -2.26. The molecule has 0 bridgehead atoms. The molecule has 4 aromatic rings. The van der Waals surface area contributed by atoms with Crippen LogP contribution >= 0.6 is 22.9 Å². The highest BCUT2D eigenvalue weighted by molar-refractivity contribution is 7.22. The molecular weight excluding hydrogens is 447 g/mol. The fourth-order valence-electron chi connectivity index (χ4n) is 3.80. The summed E-state index contributed by atoms with van der Waals surface area (Å²) in [5.74, 6) is 0.136. The van der Waals surface area contributed by atoms with Gasteiger partial charge in [0.2, 0.25) is 0 Å². The Morgan fingerprint density at radius 2 is 1.75 bits per heavy atom. The molecule has 2 aromatic carbocycles. The first kappa shape index (κ1) is 21.1. The summed E-state index contributed by atoms with van der Waals surface area (Å²) in [4.78, 5) is 15.7. The van der Waals surface area contributed by atoms with E-state index in [1.165, 1.54) is 67.7 Å². The number of rotatable bonds is 6. The van der Waals surface area contributed by atoms with E-state index < -0.39 is 5.82 Å². The zero-order valence-corrected chi connectivity index (χ0v) is 18.9. The lowest BCUT2D eigenvalue weighted by Crippen LogP contribution is -2.28. The Kier molecular flexibility index (Phi) is 6.16. The lowest BCUT2D eigenvalue weighted by molar-refractivity contribution is 0.221. The van der Waals surface area contributed by atoms with Crippen molar-refractivity contribution in [1.29, 1.82) is 0 Å². The number of benzene rings is 2. The molecule has 2 aromatic heterocycles. The van der Waals surface area contributed by atoms with Crippen LogP contribution in [0.25, 0.3) is 10.3 Å². The topological polar surface area (TPSA) is 66.0 Å². The molecule has 0 aliphatic carbocycles. The number of nitrogens with zero attached hydrogens (tertiary/aromatic N) is 4. The zero-order chi connectivity index (χ0) is 21.9. The van der Waals surface area contributed by atoms with Gasteiger partial charge in [-0.05, 0) is 61.8 Å². The third kappa shape index (κ3) is 4.82. The van der Waals surface area contributed by atoms with Crippen molar-refractivity contribution in [1.82, 2.24) is 19.9 Å². The van der Waals surface area contributed by atoms with E-state index >= 15 is 0 Å². The highest BCUT2D eigenvalue weighted by Crippen LogP contribution is 2.33. The second kappa shape index (κ2) is 9.36. The van der Waals surface area contributed by atoms with Gasteiger partial charge >= 0.3 is 0 Å². The van der Waals surface area contributed by atoms with Crippen LogP contribution in [0.2, 0.25) is 5.02 Å². The van der Waals surface area contributed by atoms with Crippen molar-refractivity contribution in [2.24, 2.45) is 0 Å². The molecule has 5 rings (SSSR count). The molecule has 0 spiro atoms. The molecule has 0 atom stereocenters. The van der Waals surface area contributed by atoms with E-state index in [1.54, 1.807) is 6.07 Å². The molecule has 3 heterocycles. The number of aromatic nitrogens is 3. The Labute approximate surface area is 194 Å². The van der Waals surface area contributed by atoms with Crippen molar-refractivity contribution in [3.63, 3.8) is 0 Å². The van der Waals surface area contributed by atoms with Gasteiger partial charge in [0.1, 0.15) is 16.8 Å². The number of nitrogens with one attached hydrogen (secondary N) is 2. The van der Waals surface area contributed by atoms with E-state index in [1.807, 2.05) is 0 Å². The third-order valence-electron chi connectivity index (χ3n) is 5.43. The molecule has 164 valence electrons. The maximum atomic E-state index is 13.4. The maximum Gasteiger partial charge on any atom is 0.189 e. The minimum absolute atomic E-state index is 0.0516. The largest absolute Gasteiger partial charge is 0.339 e. The average molecular weight is 469 g/mol. The van der Waals surface area contributed by atoms with E-state index in [0.717, 1.165) is 22.1 Å². The highest BCUT2D eigenvalue weighted by Gasteiger charge is 2.13. The molecule has 0 saturated carbocycles. The van der Waals surface area contributed by atoms with E-state index in [0.29, 0.717) is 17.2 Å². The van der Waals surface area contributed by atoms with Gasteiger partial charge in [-0.3, -0.25) is 4.90 Å². The van der Waals surface area contributed by atoms with Crippen LogP contribution in [-0.2, 0) is 6.54 Å². The zero-order valence-electron chi connectivity index (χ0n) is 17.3. The van der Waals surface area contributed by atoms with Gasteiger partial charge in [0.15, 0.2) is 16.6 Å². The second-order valence-electron chi connectivity index (χ2n) is 7.81. The van der Waals surface area contributed by atoms with Gasteiger partial charge in [0.05, 0.1) is 5.02 Å². The minimum Gasteiger partial charge on any atom is -0.339 e. The van der Waals surface area contributed by atoms with Crippen LogP contribution in [0.1, 0.15) is 24.8 Å². The number of thiazole rings is 1. The Morgan fingerprint density at radius 1 is 0.969 bits per heavy atom. The quantitative estimate of drug-likeness (QED) is 0.343. The molecule has 2 N–H and O–H groups in total. The predicted molar refractivity (Wildman–Crippen MR) is 129 cm³/mol. The van der Waals surface area contributed by atoms with Crippen LogP contribution < -0.4 is 10.6 Å². The third-order valence-corrected chi connectivity index (χ3v) is 6.69. The van der Waals surface area contributed by atoms with Crippen LogP contribution in [0.3, 0.4) is 0 Å². The molecule has 32 heavy (non-hydrogen) atoms. The molecule has 6 nitrogen and oxygen atoms in total. The number of likely N-dealkylation sites (tertiary alicyclic amines) is 1. The highest BCUT2D eigenvalue weighted by atomic mass is 35.5. The first-order chi connectivity index (χ1) is 15.6. The lowest BCUT2D eigenvalue weighted by atomic mass is 10.1. The van der Waals surface area contributed by atoms with E-state index in [9.17, 15) is 4.39 Å². The van der Waals surface area contributed by atoms with Crippen LogP contribution in [0.4, 0.5) is 26.7 Å². The molecule has 0 unspecified atom stereocenters.